The topological polar surface area (TPSA) is 156 Å². The summed E-state index contributed by atoms with van der Waals surface area (Å²) in [6.07, 6.45) is 1.28. The molecule has 3 aliphatic rings. The Balaban J connectivity index is 1.68. The molecule has 210 valence electrons. The number of ketones is 6. The van der Waals surface area contributed by atoms with Crippen molar-refractivity contribution < 1.29 is 43.4 Å². The Hall–Kier alpha value is -3.72. The quantitative estimate of drug-likeness (QED) is 0.423. The molecule has 40 heavy (non-hydrogen) atoms. The predicted octanol–water partition coefficient (Wildman–Crippen LogP) is 3.11. The van der Waals surface area contributed by atoms with Gasteiger partial charge in [-0.2, -0.15) is 0 Å². The molecule has 0 spiro atoms. The van der Waals surface area contributed by atoms with Crippen LogP contribution in [0.2, 0.25) is 0 Å². The van der Waals surface area contributed by atoms with Gasteiger partial charge in [0.05, 0.1) is 17.7 Å². The largest absolute Gasteiger partial charge is 0.507 e. The first-order valence-electron chi connectivity index (χ1n) is 13.4. The number of aliphatic hydroxyl groups is 1. The van der Waals surface area contributed by atoms with Gasteiger partial charge in [0, 0.05) is 17.8 Å². The summed E-state index contributed by atoms with van der Waals surface area (Å²) in [6.45, 7) is 7.77. The molecule has 0 aliphatic heterocycles. The number of hydrogen-bond acceptors (Lipinski definition) is 9. The number of phenolic OH excluding ortho intramolecular Hbond substituents is 1. The van der Waals surface area contributed by atoms with E-state index in [-0.39, 0.29) is 42.1 Å². The van der Waals surface area contributed by atoms with Gasteiger partial charge in [0.15, 0.2) is 34.5 Å². The van der Waals surface area contributed by atoms with Gasteiger partial charge in [-0.25, -0.2) is 0 Å². The molecule has 2 fully saturated rings. The Kier molecular flexibility index (Phi) is 6.19. The van der Waals surface area contributed by atoms with Crippen LogP contribution in [-0.2, 0) is 32.0 Å². The number of benzene rings is 1. The SMILES string of the molecule is CC(=O)C1C(=O)C(C(C)C)[C@@]2(C)C[C@@]3(C)Cc4c(CC(=O)c5ccco5)ccc(O)c4C(=O)C3C(=O)[C@@]2(O)C1=O. The van der Waals surface area contributed by atoms with Crippen molar-refractivity contribution in [3.63, 3.8) is 0 Å². The van der Waals surface area contributed by atoms with Gasteiger partial charge in [-0.15, -0.1) is 0 Å². The second kappa shape index (κ2) is 8.89. The van der Waals surface area contributed by atoms with Gasteiger partial charge in [-0.05, 0) is 60.4 Å². The number of aromatic hydroxyl groups is 1. The second-order valence-corrected chi connectivity index (χ2v) is 12.5. The first-order chi connectivity index (χ1) is 18.6. The summed E-state index contributed by atoms with van der Waals surface area (Å²) in [6, 6.07) is 5.94. The first kappa shape index (κ1) is 27.8. The zero-order valence-corrected chi connectivity index (χ0v) is 23.1. The number of phenols is 1. The Bertz CT molecular complexity index is 1500. The van der Waals surface area contributed by atoms with E-state index < -0.39 is 69.0 Å². The van der Waals surface area contributed by atoms with Crippen molar-refractivity contribution in [3.05, 3.63) is 53.0 Å². The van der Waals surface area contributed by atoms with E-state index in [4.69, 9.17) is 4.42 Å². The number of fused-ring (bicyclic) bond motifs is 3. The highest BCUT2D eigenvalue weighted by molar-refractivity contribution is 6.32. The van der Waals surface area contributed by atoms with Crippen molar-refractivity contribution in [2.75, 3.05) is 0 Å². The van der Waals surface area contributed by atoms with Crippen molar-refractivity contribution in [1.82, 2.24) is 0 Å². The van der Waals surface area contributed by atoms with Gasteiger partial charge in [-0.1, -0.05) is 33.8 Å². The maximum atomic E-state index is 14.3. The smallest absolute Gasteiger partial charge is 0.202 e. The fourth-order valence-electron chi connectivity index (χ4n) is 8.06. The predicted molar refractivity (Wildman–Crippen MR) is 140 cm³/mol. The lowest BCUT2D eigenvalue weighted by Gasteiger charge is -2.61. The molecular weight excluding hydrogens is 516 g/mol. The Morgan fingerprint density at radius 2 is 1.75 bits per heavy atom. The van der Waals surface area contributed by atoms with Crippen LogP contribution in [0.5, 0.6) is 5.75 Å². The van der Waals surface area contributed by atoms with Crippen LogP contribution in [0.25, 0.3) is 0 Å². The fourth-order valence-corrected chi connectivity index (χ4v) is 8.06. The zero-order chi connectivity index (χ0) is 29.5. The number of hydrogen-bond donors (Lipinski definition) is 2. The highest BCUT2D eigenvalue weighted by Gasteiger charge is 2.76. The van der Waals surface area contributed by atoms with E-state index in [1.54, 1.807) is 32.9 Å². The molecule has 2 N–H and O–H groups in total. The summed E-state index contributed by atoms with van der Waals surface area (Å²) >= 11 is 0. The van der Waals surface area contributed by atoms with E-state index in [2.05, 4.69) is 0 Å². The lowest BCUT2D eigenvalue weighted by molar-refractivity contribution is -0.205. The van der Waals surface area contributed by atoms with Gasteiger partial charge in [0.1, 0.15) is 17.5 Å². The van der Waals surface area contributed by atoms with E-state index in [9.17, 15) is 39.0 Å². The highest BCUT2D eigenvalue weighted by atomic mass is 16.3. The molecule has 3 aliphatic carbocycles. The van der Waals surface area contributed by atoms with Crippen LogP contribution in [0.15, 0.2) is 34.9 Å². The van der Waals surface area contributed by atoms with Gasteiger partial charge in [0.25, 0.3) is 0 Å². The standard InChI is InChI=1S/C31H32O9/c1-14(2)23-25(35)21(15(3)32)27(37)31(39)28(38)24-26(36)22-17(12-29(24,4)13-30(23,31)5)16(8-9-18(22)33)11-19(34)20-7-6-10-40-20/h6-10,14,21,23-24,33,39H,11-13H2,1-5H3/t21?,23?,24?,29-,30-,31+/m1/s1. The van der Waals surface area contributed by atoms with E-state index >= 15 is 0 Å². The van der Waals surface area contributed by atoms with Crippen molar-refractivity contribution in [2.45, 2.75) is 59.5 Å². The molecule has 6 atom stereocenters. The number of carbonyl (C=O) groups excluding carboxylic acids is 6. The minimum atomic E-state index is -2.74. The van der Waals surface area contributed by atoms with Crippen molar-refractivity contribution >= 4 is 34.7 Å². The summed E-state index contributed by atoms with van der Waals surface area (Å²) in [7, 11) is 0. The highest BCUT2D eigenvalue weighted by Crippen LogP contribution is 2.63. The van der Waals surface area contributed by atoms with Crippen LogP contribution in [0.4, 0.5) is 0 Å². The lowest BCUT2D eigenvalue weighted by Crippen LogP contribution is -2.76. The Morgan fingerprint density at radius 3 is 2.33 bits per heavy atom. The second-order valence-electron chi connectivity index (χ2n) is 12.5. The summed E-state index contributed by atoms with van der Waals surface area (Å²) < 4.78 is 5.21. The molecule has 9 heteroatoms. The zero-order valence-electron chi connectivity index (χ0n) is 23.1. The van der Waals surface area contributed by atoms with Crippen LogP contribution in [0.3, 0.4) is 0 Å². The molecule has 5 rings (SSSR count). The fraction of sp³-hybridized carbons (Fsp3) is 0.484. The molecule has 9 nitrogen and oxygen atoms in total. The summed E-state index contributed by atoms with van der Waals surface area (Å²) in [5, 5.41) is 22.8. The van der Waals surface area contributed by atoms with Crippen LogP contribution < -0.4 is 0 Å². The normalized spacial score (nSPS) is 33.4. The van der Waals surface area contributed by atoms with E-state index in [0.717, 1.165) is 6.92 Å². The number of furan rings is 1. The third-order valence-corrected chi connectivity index (χ3v) is 9.51. The van der Waals surface area contributed by atoms with Gasteiger partial charge in [-0.3, -0.25) is 28.8 Å². The van der Waals surface area contributed by atoms with Crippen molar-refractivity contribution in [2.24, 2.45) is 34.5 Å². The maximum absolute atomic E-state index is 14.3. The third kappa shape index (κ3) is 3.49. The van der Waals surface area contributed by atoms with E-state index in [0.29, 0.717) is 11.1 Å². The maximum Gasteiger partial charge on any atom is 0.202 e. The molecule has 0 amide bonds. The molecular formula is C31H32O9. The van der Waals surface area contributed by atoms with Crippen molar-refractivity contribution in [3.8, 4) is 5.75 Å². The minimum Gasteiger partial charge on any atom is -0.507 e. The van der Waals surface area contributed by atoms with E-state index in [1.807, 2.05) is 0 Å². The van der Waals surface area contributed by atoms with E-state index in [1.165, 1.54) is 25.3 Å². The van der Waals surface area contributed by atoms with Crippen LogP contribution in [0, 0.1) is 34.5 Å². The minimum absolute atomic E-state index is 0.0513. The molecule has 2 aromatic rings. The average Bonchev–Trinajstić information content (AvgIpc) is 3.38. The summed E-state index contributed by atoms with van der Waals surface area (Å²) in [4.78, 5) is 80.9. The molecule has 3 unspecified atom stereocenters. The monoisotopic (exact) mass is 548 g/mol. The van der Waals surface area contributed by atoms with Gasteiger partial charge < -0.3 is 14.6 Å². The average molecular weight is 549 g/mol. The van der Waals surface area contributed by atoms with Gasteiger partial charge >= 0.3 is 0 Å². The third-order valence-electron chi connectivity index (χ3n) is 9.51. The number of carbonyl (C=O) groups is 6. The molecule has 1 heterocycles. The molecule has 0 bridgehead atoms. The van der Waals surface area contributed by atoms with Crippen LogP contribution in [-0.4, -0.2) is 50.5 Å². The molecule has 1 aromatic carbocycles. The van der Waals surface area contributed by atoms with Crippen LogP contribution in [0.1, 0.15) is 73.1 Å². The lowest BCUT2D eigenvalue weighted by atomic mass is 9.40. The summed E-state index contributed by atoms with van der Waals surface area (Å²) in [5.74, 6) is -9.70. The Morgan fingerprint density at radius 1 is 1.07 bits per heavy atom. The molecule has 0 saturated heterocycles. The first-order valence-corrected chi connectivity index (χ1v) is 13.4. The van der Waals surface area contributed by atoms with Crippen molar-refractivity contribution in [1.29, 1.82) is 0 Å². The number of rotatable bonds is 5. The van der Waals surface area contributed by atoms with Gasteiger partial charge in [0.2, 0.25) is 5.78 Å². The molecule has 1 aromatic heterocycles. The van der Waals surface area contributed by atoms with Crippen LogP contribution >= 0.6 is 0 Å². The summed E-state index contributed by atoms with van der Waals surface area (Å²) in [5.41, 5.74) is -4.74. The number of Topliss-reactive ketones (excluding diaryl/α,β-unsaturated/α-hetero) is 6. The molecule has 2 saturated carbocycles. The molecule has 0 radical (unpaired) electrons. The Labute approximate surface area is 230 Å².